The molecule has 1 aliphatic rings. The standard InChI is InChI=1S/C21H16N2O3S/c24-20-19(22-21(27)23(20)15-7-3-1-4-8-15)13-17-11-12-18(26-17)14-25-16-9-5-2-6-10-16/h1-13H,14H2,(H,22,27)/b19-13+. The van der Waals surface area contributed by atoms with Crippen LogP contribution in [0.15, 0.2) is 82.9 Å². The molecule has 1 aliphatic heterocycles. The minimum Gasteiger partial charge on any atom is -0.486 e. The second-order valence-corrected chi connectivity index (χ2v) is 6.26. The number of benzene rings is 2. The van der Waals surface area contributed by atoms with Gasteiger partial charge in [-0.25, -0.2) is 0 Å². The van der Waals surface area contributed by atoms with E-state index in [4.69, 9.17) is 21.4 Å². The molecule has 0 aliphatic carbocycles. The first-order valence-electron chi connectivity index (χ1n) is 8.39. The molecule has 0 unspecified atom stereocenters. The lowest BCUT2D eigenvalue weighted by atomic mass is 10.3. The number of hydrogen-bond acceptors (Lipinski definition) is 4. The van der Waals surface area contributed by atoms with Gasteiger partial charge in [0.1, 0.15) is 29.6 Å². The molecule has 1 amide bonds. The van der Waals surface area contributed by atoms with Crippen LogP contribution in [0.2, 0.25) is 0 Å². The van der Waals surface area contributed by atoms with Gasteiger partial charge in [-0.15, -0.1) is 0 Å². The molecule has 6 heteroatoms. The molecule has 27 heavy (non-hydrogen) atoms. The maximum Gasteiger partial charge on any atom is 0.281 e. The van der Waals surface area contributed by atoms with E-state index in [1.165, 1.54) is 4.90 Å². The largest absolute Gasteiger partial charge is 0.486 e. The Morgan fingerprint density at radius 2 is 1.70 bits per heavy atom. The molecule has 0 atom stereocenters. The summed E-state index contributed by atoms with van der Waals surface area (Å²) in [4.78, 5) is 14.1. The molecule has 1 N–H and O–H groups in total. The van der Waals surface area contributed by atoms with Crippen molar-refractivity contribution in [2.75, 3.05) is 4.90 Å². The Bertz CT molecular complexity index is 997. The second-order valence-electron chi connectivity index (χ2n) is 5.87. The highest BCUT2D eigenvalue weighted by Crippen LogP contribution is 2.23. The number of thiocarbonyl (C=S) groups is 1. The smallest absolute Gasteiger partial charge is 0.281 e. The van der Waals surface area contributed by atoms with Gasteiger partial charge < -0.3 is 14.5 Å². The highest BCUT2D eigenvalue weighted by Gasteiger charge is 2.32. The van der Waals surface area contributed by atoms with E-state index in [1.807, 2.05) is 66.7 Å². The third-order valence-electron chi connectivity index (χ3n) is 3.99. The van der Waals surface area contributed by atoms with Crippen molar-refractivity contribution >= 4 is 35.0 Å². The molecule has 0 spiro atoms. The molecule has 2 heterocycles. The van der Waals surface area contributed by atoms with Gasteiger partial charge in [-0.1, -0.05) is 36.4 Å². The predicted octanol–water partition coefficient (Wildman–Crippen LogP) is 4.12. The number of rotatable bonds is 5. The maximum atomic E-state index is 12.7. The summed E-state index contributed by atoms with van der Waals surface area (Å²) in [6.45, 7) is 0.309. The zero-order valence-electron chi connectivity index (χ0n) is 14.3. The minimum absolute atomic E-state index is 0.218. The van der Waals surface area contributed by atoms with Crippen LogP contribution in [0.4, 0.5) is 5.69 Å². The lowest BCUT2D eigenvalue weighted by molar-refractivity contribution is -0.113. The van der Waals surface area contributed by atoms with Crippen molar-refractivity contribution < 1.29 is 13.9 Å². The molecular formula is C21H16N2O3S. The van der Waals surface area contributed by atoms with Crippen LogP contribution in [-0.4, -0.2) is 11.0 Å². The number of amides is 1. The van der Waals surface area contributed by atoms with E-state index in [1.54, 1.807) is 12.1 Å². The Morgan fingerprint density at radius 3 is 2.44 bits per heavy atom. The van der Waals surface area contributed by atoms with E-state index in [0.29, 0.717) is 28.9 Å². The van der Waals surface area contributed by atoms with Gasteiger partial charge in [-0.05, 0) is 48.6 Å². The number of nitrogens with zero attached hydrogens (tertiary/aromatic N) is 1. The van der Waals surface area contributed by atoms with Gasteiger partial charge in [0.05, 0.1) is 5.69 Å². The normalized spacial score (nSPS) is 15.3. The summed E-state index contributed by atoms with van der Waals surface area (Å²) in [5, 5.41) is 3.29. The van der Waals surface area contributed by atoms with Gasteiger partial charge in [0.25, 0.3) is 5.91 Å². The van der Waals surface area contributed by atoms with Crippen LogP contribution in [0.5, 0.6) is 5.75 Å². The van der Waals surface area contributed by atoms with Gasteiger partial charge in [-0.2, -0.15) is 0 Å². The fourth-order valence-corrected chi connectivity index (χ4v) is 3.01. The van der Waals surface area contributed by atoms with Gasteiger partial charge in [0.15, 0.2) is 5.11 Å². The Kier molecular flexibility index (Phi) is 4.72. The highest BCUT2D eigenvalue weighted by molar-refractivity contribution is 7.80. The number of furan rings is 1. The van der Waals surface area contributed by atoms with Crippen LogP contribution in [0.25, 0.3) is 6.08 Å². The summed E-state index contributed by atoms with van der Waals surface area (Å²) in [6, 6.07) is 22.4. The first kappa shape index (κ1) is 17.1. The molecule has 0 radical (unpaired) electrons. The van der Waals surface area contributed by atoms with Crippen molar-refractivity contribution in [1.29, 1.82) is 0 Å². The lowest BCUT2D eigenvalue weighted by Crippen LogP contribution is -2.30. The molecule has 2 aromatic carbocycles. The number of ether oxygens (including phenoxy) is 1. The first-order chi connectivity index (χ1) is 13.2. The number of carbonyl (C=O) groups is 1. The van der Waals surface area contributed by atoms with Crippen LogP contribution < -0.4 is 15.0 Å². The monoisotopic (exact) mass is 376 g/mol. The van der Waals surface area contributed by atoms with Crippen LogP contribution in [-0.2, 0) is 11.4 Å². The highest BCUT2D eigenvalue weighted by atomic mass is 32.1. The van der Waals surface area contributed by atoms with Gasteiger partial charge in [0.2, 0.25) is 0 Å². The molecule has 4 rings (SSSR count). The average Bonchev–Trinajstić information content (AvgIpc) is 3.26. The summed E-state index contributed by atoms with van der Waals surface area (Å²) < 4.78 is 11.4. The molecule has 3 aromatic rings. The first-order valence-corrected chi connectivity index (χ1v) is 8.80. The van der Waals surface area contributed by atoms with Gasteiger partial charge in [0, 0.05) is 6.08 Å². The molecule has 0 saturated carbocycles. The van der Waals surface area contributed by atoms with Crippen LogP contribution >= 0.6 is 12.2 Å². The summed E-state index contributed by atoms with van der Waals surface area (Å²) >= 11 is 5.30. The molecule has 5 nitrogen and oxygen atoms in total. The van der Waals surface area contributed by atoms with Crippen molar-refractivity contribution in [3.63, 3.8) is 0 Å². The summed E-state index contributed by atoms with van der Waals surface area (Å²) in [5.74, 6) is 1.77. The number of nitrogens with one attached hydrogen (secondary N) is 1. The molecule has 134 valence electrons. The van der Waals surface area contributed by atoms with E-state index in [2.05, 4.69) is 5.32 Å². The fraction of sp³-hybridized carbons (Fsp3) is 0.0476. The molecule has 1 saturated heterocycles. The lowest BCUT2D eigenvalue weighted by Gasteiger charge is -2.13. The second kappa shape index (κ2) is 7.47. The third kappa shape index (κ3) is 3.75. The third-order valence-corrected chi connectivity index (χ3v) is 4.27. The van der Waals surface area contributed by atoms with Crippen molar-refractivity contribution in [3.8, 4) is 5.75 Å². The van der Waals surface area contributed by atoms with E-state index < -0.39 is 0 Å². The van der Waals surface area contributed by atoms with E-state index in [0.717, 1.165) is 11.4 Å². The predicted molar refractivity (Wildman–Crippen MR) is 107 cm³/mol. The summed E-state index contributed by atoms with van der Waals surface area (Å²) in [5.41, 5.74) is 1.09. The number of hydrogen-bond donors (Lipinski definition) is 1. The zero-order valence-corrected chi connectivity index (χ0v) is 15.1. The quantitative estimate of drug-likeness (QED) is 0.536. The molecule has 0 bridgehead atoms. The van der Waals surface area contributed by atoms with E-state index in [9.17, 15) is 4.79 Å². The summed E-state index contributed by atoms with van der Waals surface area (Å²) in [6.07, 6.45) is 1.64. The topological polar surface area (TPSA) is 54.7 Å². The summed E-state index contributed by atoms with van der Waals surface area (Å²) in [7, 11) is 0. The zero-order chi connectivity index (χ0) is 18.6. The van der Waals surface area contributed by atoms with E-state index >= 15 is 0 Å². The van der Waals surface area contributed by atoms with Gasteiger partial charge >= 0.3 is 0 Å². The minimum atomic E-state index is -0.218. The van der Waals surface area contributed by atoms with Crippen LogP contribution in [0.3, 0.4) is 0 Å². The SMILES string of the molecule is O=C1/C(=C\c2ccc(COc3ccccc3)o2)NC(=S)N1c1ccccc1. The Labute approximate surface area is 161 Å². The van der Waals surface area contributed by atoms with Crippen LogP contribution in [0.1, 0.15) is 11.5 Å². The van der Waals surface area contributed by atoms with Crippen molar-refractivity contribution in [2.45, 2.75) is 6.61 Å². The average molecular weight is 376 g/mol. The fourth-order valence-electron chi connectivity index (χ4n) is 2.71. The maximum absolute atomic E-state index is 12.7. The van der Waals surface area contributed by atoms with Crippen molar-refractivity contribution in [3.05, 3.63) is 90.0 Å². The molecule has 1 aromatic heterocycles. The Hall–Kier alpha value is -3.38. The molecular weight excluding hydrogens is 360 g/mol. The van der Waals surface area contributed by atoms with Crippen LogP contribution in [0, 0.1) is 0 Å². The van der Waals surface area contributed by atoms with Gasteiger partial charge in [-0.3, -0.25) is 9.69 Å². The number of carbonyl (C=O) groups excluding carboxylic acids is 1. The van der Waals surface area contributed by atoms with Crippen molar-refractivity contribution in [1.82, 2.24) is 5.32 Å². The van der Waals surface area contributed by atoms with Crippen molar-refractivity contribution in [2.24, 2.45) is 0 Å². The Morgan fingerprint density at radius 1 is 1.00 bits per heavy atom. The Balaban J connectivity index is 1.47. The number of anilines is 1. The molecule has 1 fully saturated rings. The van der Waals surface area contributed by atoms with E-state index in [-0.39, 0.29) is 5.91 Å². The number of para-hydroxylation sites is 2.